The number of amides is 1. The molecule has 1 saturated carbocycles. The summed E-state index contributed by atoms with van der Waals surface area (Å²) in [4.78, 5) is 15.9. The molecule has 5 nitrogen and oxygen atoms in total. The van der Waals surface area contributed by atoms with Crippen molar-refractivity contribution in [3.8, 4) is 0 Å². The van der Waals surface area contributed by atoms with Crippen LogP contribution in [0.15, 0.2) is 12.4 Å². The maximum absolute atomic E-state index is 11.8. The average Bonchev–Trinajstić information content (AvgIpc) is 2.68. The Balaban J connectivity index is 1.80. The second-order valence-electron chi connectivity index (χ2n) is 4.70. The molecule has 1 aromatic heterocycles. The molecule has 1 aromatic rings. The molecule has 2 rings (SSSR count). The van der Waals surface area contributed by atoms with E-state index in [0.717, 1.165) is 31.5 Å². The minimum Gasteiger partial charge on any atom is -0.393 e. The SMILES string of the molecule is Cn1ccnc1CC(=O)NC1CCC(O)CC1. The third-order valence-corrected chi connectivity index (χ3v) is 3.30. The molecule has 1 heterocycles. The molecule has 0 unspecified atom stereocenters. The first-order valence-electron chi connectivity index (χ1n) is 6.09. The first-order chi connectivity index (χ1) is 8.15. The Morgan fingerprint density at radius 1 is 1.53 bits per heavy atom. The topological polar surface area (TPSA) is 67.2 Å². The molecule has 0 saturated heterocycles. The highest BCUT2D eigenvalue weighted by molar-refractivity contribution is 5.78. The Kier molecular flexibility index (Phi) is 3.78. The number of imidazole rings is 1. The van der Waals surface area contributed by atoms with Gasteiger partial charge < -0.3 is 15.0 Å². The summed E-state index contributed by atoms with van der Waals surface area (Å²) < 4.78 is 1.85. The zero-order valence-corrected chi connectivity index (χ0v) is 10.1. The van der Waals surface area contributed by atoms with Crippen LogP contribution in [0.1, 0.15) is 31.5 Å². The van der Waals surface area contributed by atoms with Crippen molar-refractivity contribution >= 4 is 5.91 Å². The molecule has 94 valence electrons. The molecule has 0 bridgehead atoms. The number of hydrogen-bond donors (Lipinski definition) is 2. The van der Waals surface area contributed by atoms with Gasteiger partial charge in [0, 0.05) is 25.5 Å². The molecule has 1 amide bonds. The van der Waals surface area contributed by atoms with E-state index in [2.05, 4.69) is 10.3 Å². The predicted octanol–water partition coefficient (Wildman–Crippen LogP) is 0.382. The first kappa shape index (κ1) is 12.1. The number of rotatable bonds is 3. The minimum atomic E-state index is -0.183. The van der Waals surface area contributed by atoms with Crippen LogP contribution in [0, 0.1) is 0 Å². The van der Waals surface area contributed by atoms with Crippen LogP contribution in [0.5, 0.6) is 0 Å². The number of nitrogens with zero attached hydrogens (tertiary/aromatic N) is 2. The summed E-state index contributed by atoms with van der Waals surface area (Å²) >= 11 is 0. The molecular formula is C12H19N3O2. The zero-order valence-electron chi connectivity index (χ0n) is 10.1. The lowest BCUT2D eigenvalue weighted by atomic mass is 9.93. The summed E-state index contributed by atoms with van der Waals surface area (Å²) in [7, 11) is 1.88. The summed E-state index contributed by atoms with van der Waals surface area (Å²) in [6, 6.07) is 0.214. The Morgan fingerprint density at radius 3 is 2.82 bits per heavy atom. The zero-order chi connectivity index (χ0) is 12.3. The lowest BCUT2D eigenvalue weighted by Gasteiger charge is -2.26. The molecule has 0 aliphatic heterocycles. The number of aromatic nitrogens is 2. The monoisotopic (exact) mass is 237 g/mol. The van der Waals surface area contributed by atoms with Crippen molar-refractivity contribution in [1.29, 1.82) is 0 Å². The van der Waals surface area contributed by atoms with Crippen LogP contribution in [0.4, 0.5) is 0 Å². The third-order valence-electron chi connectivity index (χ3n) is 3.30. The highest BCUT2D eigenvalue weighted by Gasteiger charge is 2.21. The van der Waals surface area contributed by atoms with E-state index < -0.39 is 0 Å². The number of hydrogen-bond acceptors (Lipinski definition) is 3. The van der Waals surface area contributed by atoms with E-state index in [1.807, 2.05) is 17.8 Å². The first-order valence-corrected chi connectivity index (χ1v) is 6.09. The van der Waals surface area contributed by atoms with Gasteiger partial charge in [0.2, 0.25) is 5.91 Å². The van der Waals surface area contributed by atoms with Crippen LogP contribution in [-0.4, -0.2) is 32.7 Å². The number of carbonyl (C=O) groups excluding carboxylic acids is 1. The van der Waals surface area contributed by atoms with E-state index in [9.17, 15) is 9.90 Å². The van der Waals surface area contributed by atoms with Crippen LogP contribution in [0.25, 0.3) is 0 Å². The highest BCUT2D eigenvalue weighted by Crippen LogP contribution is 2.18. The molecular weight excluding hydrogens is 218 g/mol. The number of aliphatic hydroxyl groups is 1. The fourth-order valence-corrected chi connectivity index (χ4v) is 2.21. The van der Waals surface area contributed by atoms with Crippen molar-refractivity contribution in [2.24, 2.45) is 7.05 Å². The summed E-state index contributed by atoms with van der Waals surface area (Å²) in [6.45, 7) is 0. The van der Waals surface area contributed by atoms with Crippen LogP contribution < -0.4 is 5.32 Å². The smallest absolute Gasteiger partial charge is 0.227 e. The average molecular weight is 237 g/mol. The van der Waals surface area contributed by atoms with E-state index in [0.29, 0.717) is 6.42 Å². The molecule has 17 heavy (non-hydrogen) atoms. The fraction of sp³-hybridized carbons (Fsp3) is 0.667. The largest absolute Gasteiger partial charge is 0.393 e. The second-order valence-corrected chi connectivity index (χ2v) is 4.70. The Morgan fingerprint density at radius 2 is 2.24 bits per heavy atom. The van der Waals surface area contributed by atoms with Gasteiger partial charge in [0.1, 0.15) is 5.82 Å². The van der Waals surface area contributed by atoms with Crippen LogP contribution in [0.3, 0.4) is 0 Å². The molecule has 1 aliphatic carbocycles. The standard InChI is InChI=1S/C12H19N3O2/c1-15-7-6-13-11(15)8-12(17)14-9-2-4-10(16)5-3-9/h6-7,9-10,16H,2-5,8H2,1H3,(H,14,17). The molecule has 1 fully saturated rings. The Labute approximate surface area is 101 Å². The summed E-state index contributed by atoms with van der Waals surface area (Å²) in [5, 5.41) is 12.4. The summed E-state index contributed by atoms with van der Waals surface area (Å²) in [6.07, 6.45) is 6.97. The minimum absolute atomic E-state index is 0.0145. The van der Waals surface area contributed by atoms with E-state index in [1.54, 1.807) is 6.20 Å². The van der Waals surface area contributed by atoms with Gasteiger partial charge >= 0.3 is 0 Å². The van der Waals surface area contributed by atoms with Crippen LogP contribution in [-0.2, 0) is 18.3 Å². The van der Waals surface area contributed by atoms with Crippen molar-refractivity contribution in [2.75, 3.05) is 0 Å². The molecule has 5 heteroatoms. The predicted molar refractivity (Wildman–Crippen MR) is 63.3 cm³/mol. The molecule has 0 aromatic carbocycles. The van der Waals surface area contributed by atoms with Crippen molar-refractivity contribution in [2.45, 2.75) is 44.2 Å². The van der Waals surface area contributed by atoms with Crippen molar-refractivity contribution in [1.82, 2.24) is 14.9 Å². The van der Waals surface area contributed by atoms with Crippen LogP contribution >= 0.6 is 0 Å². The highest BCUT2D eigenvalue weighted by atomic mass is 16.3. The number of nitrogens with one attached hydrogen (secondary N) is 1. The molecule has 0 atom stereocenters. The van der Waals surface area contributed by atoms with Gasteiger partial charge in [0.15, 0.2) is 0 Å². The quantitative estimate of drug-likeness (QED) is 0.798. The van der Waals surface area contributed by atoms with Gasteiger partial charge in [-0.2, -0.15) is 0 Å². The Bertz CT molecular complexity index is 381. The van der Waals surface area contributed by atoms with Crippen molar-refractivity contribution < 1.29 is 9.90 Å². The maximum Gasteiger partial charge on any atom is 0.227 e. The van der Waals surface area contributed by atoms with E-state index in [1.165, 1.54) is 0 Å². The van der Waals surface area contributed by atoms with Gasteiger partial charge in [-0.05, 0) is 25.7 Å². The molecule has 0 radical (unpaired) electrons. The van der Waals surface area contributed by atoms with Gasteiger partial charge in [-0.3, -0.25) is 4.79 Å². The third kappa shape index (κ3) is 3.30. The number of aryl methyl sites for hydroxylation is 1. The van der Waals surface area contributed by atoms with Crippen molar-refractivity contribution in [3.05, 3.63) is 18.2 Å². The van der Waals surface area contributed by atoms with Crippen LogP contribution in [0.2, 0.25) is 0 Å². The van der Waals surface area contributed by atoms with Crippen molar-refractivity contribution in [3.63, 3.8) is 0 Å². The van der Waals surface area contributed by atoms with E-state index in [-0.39, 0.29) is 18.1 Å². The molecule has 0 spiro atoms. The summed E-state index contributed by atoms with van der Waals surface area (Å²) in [5.41, 5.74) is 0. The molecule has 1 aliphatic rings. The summed E-state index contributed by atoms with van der Waals surface area (Å²) in [5.74, 6) is 0.791. The van der Waals surface area contributed by atoms with Gasteiger partial charge in [-0.15, -0.1) is 0 Å². The van der Waals surface area contributed by atoms with Gasteiger partial charge in [-0.1, -0.05) is 0 Å². The van der Waals surface area contributed by atoms with E-state index >= 15 is 0 Å². The number of aliphatic hydroxyl groups excluding tert-OH is 1. The van der Waals surface area contributed by atoms with Gasteiger partial charge in [-0.25, -0.2) is 4.98 Å². The molecule has 2 N–H and O–H groups in total. The fourth-order valence-electron chi connectivity index (χ4n) is 2.21. The van der Waals surface area contributed by atoms with Gasteiger partial charge in [0.05, 0.1) is 12.5 Å². The maximum atomic E-state index is 11.8. The van der Waals surface area contributed by atoms with Gasteiger partial charge in [0.25, 0.3) is 0 Å². The Hall–Kier alpha value is -1.36. The second kappa shape index (κ2) is 5.31. The number of carbonyl (C=O) groups is 1. The van der Waals surface area contributed by atoms with E-state index in [4.69, 9.17) is 0 Å². The lowest BCUT2D eigenvalue weighted by molar-refractivity contribution is -0.121. The lowest BCUT2D eigenvalue weighted by Crippen LogP contribution is -2.39. The normalized spacial score (nSPS) is 24.6.